The lowest BCUT2D eigenvalue weighted by molar-refractivity contribution is -0.204. The van der Waals surface area contributed by atoms with Crippen molar-refractivity contribution in [3.8, 4) is 0 Å². The molecule has 116 valence electrons. The molecule has 0 aliphatic heterocycles. The minimum absolute atomic E-state index is 0.306. The number of furan rings is 1. The highest BCUT2D eigenvalue weighted by Crippen LogP contribution is 2.26. The van der Waals surface area contributed by atoms with Crippen LogP contribution in [0.5, 0.6) is 0 Å². The Balaban J connectivity index is 2.28. The van der Waals surface area contributed by atoms with Crippen molar-refractivity contribution in [1.82, 2.24) is 4.31 Å². The topological polar surface area (TPSA) is 70.8 Å². The van der Waals surface area contributed by atoms with Crippen LogP contribution >= 0.6 is 0 Å². The maximum Gasteiger partial charge on any atom is 0.415 e. The zero-order valence-electron chi connectivity index (χ0n) is 10.8. The number of fused-ring (bicyclic) bond motifs is 1. The number of aliphatic hydroxyl groups excluding tert-OH is 1. The number of halogens is 3. The van der Waals surface area contributed by atoms with E-state index in [9.17, 15) is 21.6 Å². The molecule has 0 saturated heterocycles. The highest BCUT2D eigenvalue weighted by molar-refractivity contribution is 7.89. The standard InChI is InChI=1S/C12H12F3NO4S/c1-16(7-10(17)12(13,14)15)21(18,19)11-6-8-4-2-3-5-9(8)20-11/h2-6,10,17H,7H2,1H3/t10-/m0/s1. The molecule has 0 aliphatic rings. The lowest BCUT2D eigenvalue weighted by Gasteiger charge is -2.20. The van der Waals surface area contributed by atoms with Gasteiger partial charge in [-0.2, -0.15) is 17.5 Å². The van der Waals surface area contributed by atoms with Crippen LogP contribution in [-0.4, -0.2) is 43.7 Å². The van der Waals surface area contributed by atoms with Crippen LogP contribution in [0.15, 0.2) is 39.8 Å². The van der Waals surface area contributed by atoms with Gasteiger partial charge in [0.15, 0.2) is 6.10 Å². The van der Waals surface area contributed by atoms with E-state index >= 15 is 0 Å². The zero-order valence-corrected chi connectivity index (χ0v) is 11.6. The summed E-state index contributed by atoms with van der Waals surface area (Å²) < 4.78 is 66.6. The van der Waals surface area contributed by atoms with Gasteiger partial charge in [-0.1, -0.05) is 18.2 Å². The largest absolute Gasteiger partial charge is 0.443 e. The van der Waals surface area contributed by atoms with E-state index in [1.54, 1.807) is 24.3 Å². The Hall–Kier alpha value is -1.58. The quantitative estimate of drug-likeness (QED) is 0.934. The van der Waals surface area contributed by atoms with Gasteiger partial charge in [0, 0.05) is 25.0 Å². The van der Waals surface area contributed by atoms with Crippen LogP contribution in [0.2, 0.25) is 0 Å². The number of nitrogens with zero attached hydrogens (tertiary/aromatic N) is 1. The van der Waals surface area contributed by atoms with Crippen molar-refractivity contribution in [3.05, 3.63) is 30.3 Å². The van der Waals surface area contributed by atoms with Crippen LogP contribution in [-0.2, 0) is 10.0 Å². The summed E-state index contributed by atoms with van der Waals surface area (Å²) in [6.45, 7) is -1.11. The Morgan fingerprint density at radius 2 is 1.95 bits per heavy atom. The van der Waals surface area contributed by atoms with Crippen molar-refractivity contribution in [1.29, 1.82) is 0 Å². The molecule has 0 unspecified atom stereocenters. The third kappa shape index (κ3) is 3.20. The SMILES string of the molecule is CN(C[C@H](O)C(F)(F)F)S(=O)(=O)c1cc2ccccc2o1. The number of hydrogen-bond donors (Lipinski definition) is 1. The van der Waals surface area contributed by atoms with Gasteiger partial charge in [-0.3, -0.25) is 0 Å². The molecule has 1 aromatic heterocycles. The number of para-hydroxylation sites is 1. The summed E-state index contributed by atoms with van der Waals surface area (Å²) >= 11 is 0. The summed E-state index contributed by atoms with van der Waals surface area (Å²) in [5.41, 5.74) is 0.306. The maximum atomic E-state index is 12.3. The van der Waals surface area contributed by atoms with Crippen molar-refractivity contribution in [2.45, 2.75) is 17.4 Å². The van der Waals surface area contributed by atoms with Crippen LogP contribution in [0.1, 0.15) is 0 Å². The highest BCUT2D eigenvalue weighted by Gasteiger charge is 2.41. The van der Waals surface area contributed by atoms with E-state index < -0.39 is 33.9 Å². The number of alkyl halides is 3. The molecule has 0 saturated carbocycles. The second kappa shape index (κ2) is 5.32. The molecular formula is C12H12F3NO4S. The molecule has 21 heavy (non-hydrogen) atoms. The van der Waals surface area contributed by atoms with Crippen molar-refractivity contribution >= 4 is 21.0 Å². The van der Waals surface area contributed by atoms with Crippen LogP contribution < -0.4 is 0 Å². The van der Waals surface area contributed by atoms with E-state index in [4.69, 9.17) is 9.52 Å². The minimum Gasteiger partial charge on any atom is -0.443 e. The summed E-state index contributed by atoms with van der Waals surface area (Å²) in [6.07, 6.45) is -7.65. The molecule has 2 rings (SSSR count). The van der Waals surface area contributed by atoms with E-state index in [1.807, 2.05) is 0 Å². The fourth-order valence-electron chi connectivity index (χ4n) is 1.68. The molecule has 0 amide bonds. The van der Waals surface area contributed by atoms with Crippen LogP contribution in [0.4, 0.5) is 13.2 Å². The van der Waals surface area contributed by atoms with Gasteiger partial charge in [0.05, 0.1) is 0 Å². The average Bonchev–Trinajstić information content (AvgIpc) is 2.81. The maximum absolute atomic E-state index is 12.3. The lowest BCUT2D eigenvalue weighted by Crippen LogP contribution is -2.41. The van der Waals surface area contributed by atoms with Gasteiger partial charge in [-0.25, -0.2) is 8.42 Å². The Morgan fingerprint density at radius 3 is 2.52 bits per heavy atom. The molecule has 0 bridgehead atoms. The first-order valence-electron chi connectivity index (χ1n) is 5.82. The van der Waals surface area contributed by atoms with Gasteiger partial charge in [0.25, 0.3) is 10.0 Å². The fraction of sp³-hybridized carbons (Fsp3) is 0.333. The number of likely N-dealkylation sites (N-methyl/N-ethyl adjacent to an activating group) is 1. The van der Waals surface area contributed by atoms with Crippen molar-refractivity contribution in [2.75, 3.05) is 13.6 Å². The van der Waals surface area contributed by atoms with E-state index in [1.165, 1.54) is 6.07 Å². The van der Waals surface area contributed by atoms with Crippen LogP contribution in [0, 0.1) is 0 Å². The molecule has 0 spiro atoms. The predicted molar refractivity (Wildman–Crippen MR) is 68.1 cm³/mol. The Bertz CT molecular complexity index is 705. The molecular weight excluding hydrogens is 311 g/mol. The molecule has 5 nitrogen and oxygen atoms in total. The predicted octanol–water partition coefficient (Wildman–Crippen LogP) is 1.98. The van der Waals surface area contributed by atoms with E-state index in [0.29, 0.717) is 15.3 Å². The Morgan fingerprint density at radius 1 is 1.33 bits per heavy atom. The van der Waals surface area contributed by atoms with E-state index in [2.05, 4.69) is 0 Å². The van der Waals surface area contributed by atoms with Crippen molar-refractivity contribution in [2.24, 2.45) is 0 Å². The van der Waals surface area contributed by atoms with Gasteiger partial charge >= 0.3 is 6.18 Å². The average molecular weight is 323 g/mol. The first-order chi connectivity index (χ1) is 9.62. The number of hydrogen-bond acceptors (Lipinski definition) is 4. The van der Waals surface area contributed by atoms with Gasteiger partial charge in [-0.15, -0.1) is 0 Å². The molecule has 1 heterocycles. The molecule has 1 aromatic carbocycles. The second-order valence-electron chi connectivity index (χ2n) is 4.45. The molecule has 0 radical (unpaired) electrons. The summed E-state index contributed by atoms with van der Waals surface area (Å²) in [5.74, 6) is 0. The highest BCUT2D eigenvalue weighted by atomic mass is 32.2. The van der Waals surface area contributed by atoms with E-state index in [0.717, 1.165) is 7.05 Å². The number of aliphatic hydroxyl groups is 1. The summed E-state index contributed by atoms with van der Waals surface area (Å²) in [4.78, 5) is 0. The van der Waals surface area contributed by atoms with Crippen LogP contribution in [0.25, 0.3) is 11.0 Å². The Kier molecular flexibility index (Phi) is 4.00. The van der Waals surface area contributed by atoms with Gasteiger partial charge in [-0.05, 0) is 6.07 Å². The monoisotopic (exact) mass is 323 g/mol. The minimum atomic E-state index is -4.89. The molecule has 0 fully saturated rings. The smallest absolute Gasteiger partial charge is 0.415 e. The third-order valence-electron chi connectivity index (χ3n) is 2.88. The third-order valence-corrected chi connectivity index (χ3v) is 4.55. The Labute approximate surface area is 118 Å². The molecule has 1 atom stereocenters. The number of sulfonamides is 1. The first kappa shape index (κ1) is 15.8. The molecule has 1 N–H and O–H groups in total. The molecule has 2 aromatic rings. The summed E-state index contributed by atoms with van der Waals surface area (Å²) in [5, 5.41) is 8.99. The van der Waals surface area contributed by atoms with Crippen molar-refractivity contribution in [3.63, 3.8) is 0 Å². The molecule has 0 aliphatic carbocycles. The fourth-order valence-corrected chi connectivity index (χ4v) is 2.80. The lowest BCUT2D eigenvalue weighted by atomic mass is 10.3. The van der Waals surface area contributed by atoms with Crippen LogP contribution in [0.3, 0.4) is 0 Å². The first-order valence-corrected chi connectivity index (χ1v) is 7.26. The van der Waals surface area contributed by atoms with Gasteiger partial charge in [0.1, 0.15) is 5.58 Å². The van der Waals surface area contributed by atoms with Gasteiger partial charge in [0.2, 0.25) is 5.09 Å². The zero-order chi connectivity index (χ0) is 15.8. The van der Waals surface area contributed by atoms with E-state index in [-0.39, 0.29) is 0 Å². The number of rotatable bonds is 4. The summed E-state index contributed by atoms with van der Waals surface area (Å²) in [7, 11) is -3.31. The van der Waals surface area contributed by atoms with Crippen molar-refractivity contribution < 1.29 is 31.1 Å². The summed E-state index contributed by atoms with van der Waals surface area (Å²) in [6, 6.07) is 7.69. The normalized spacial score (nSPS) is 14.8. The second-order valence-corrected chi connectivity index (χ2v) is 6.42. The molecule has 9 heteroatoms. The van der Waals surface area contributed by atoms with Gasteiger partial charge < -0.3 is 9.52 Å². The number of benzene rings is 1.